The van der Waals surface area contributed by atoms with Crippen LogP contribution in [-0.2, 0) is 10.7 Å². The standard InChI is InChI=1S/C14H14F3N2O3P/c1-9(23(20,21)22)19-13-8-11(5-6-18-13)10-3-2-4-12(7-10)14(15,16)17/h2-9H,1H3,(H,18,19)(H2,20,21,22). The molecule has 2 aromatic rings. The van der Waals surface area contributed by atoms with Crippen molar-refractivity contribution in [2.75, 3.05) is 5.32 Å². The van der Waals surface area contributed by atoms with E-state index in [1.165, 1.54) is 37.4 Å². The van der Waals surface area contributed by atoms with Crippen molar-refractivity contribution in [2.24, 2.45) is 0 Å². The van der Waals surface area contributed by atoms with E-state index in [1.54, 1.807) is 0 Å². The summed E-state index contributed by atoms with van der Waals surface area (Å²) in [4.78, 5) is 22.0. The van der Waals surface area contributed by atoms with E-state index >= 15 is 0 Å². The Kier molecular flexibility index (Phi) is 4.79. The number of benzene rings is 1. The first-order chi connectivity index (χ1) is 10.6. The average molecular weight is 346 g/mol. The van der Waals surface area contributed by atoms with Gasteiger partial charge in [-0.2, -0.15) is 13.2 Å². The lowest BCUT2D eigenvalue weighted by atomic mass is 10.0. The van der Waals surface area contributed by atoms with Gasteiger partial charge in [-0.15, -0.1) is 0 Å². The van der Waals surface area contributed by atoms with Crippen LogP contribution in [0.2, 0.25) is 0 Å². The molecule has 0 spiro atoms. The smallest absolute Gasteiger partial charge is 0.356 e. The molecule has 1 heterocycles. The number of hydrogen-bond acceptors (Lipinski definition) is 3. The van der Waals surface area contributed by atoms with Gasteiger partial charge in [0.05, 0.1) is 5.56 Å². The molecule has 23 heavy (non-hydrogen) atoms. The molecule has 124 valence electrons. The van der Waals surface area contributed by atoms with E-state index in [9.17, 15) is 17.7 Å². The Morgan fingerprint density at radius 2 is 1.83 bits per heavy atom. The number of aromatic nitrogens is 1. The number of pyridine rings is 1. The highest BCUT2D eigenvalue weighted by molar-refractivity contribution is 7.52. The highest BCUT2D eigenvalue weighted by atomic mass is 31.2. The SMILES string of the molecule is CC(Nc1cc(-c2cccc(C(F)(F)F)c2)ccn1)P(=O)(O)O. The summed E-state index contributed by atoms with van der Waals surface area (Å²) >= 11 is 0. The van der Waals surface area contributed by atoms with E-state index in [2.05, 4.69) is 10.3 Å². The zero-order valence-corrected chi connectivity index (χ0v) is 12.8. The fourth-order valence-electron chi connectivity index (χ4n) is 1.86. The van der Waals surface area contributed by atoms with Crippen molar-refractivity contribution < 1.29 is 27.5 Å². The first-order valence-corrected chi connectivity index (χ1v) is 8.21. The molecule has 0 fully saturated rings. The first kappa shape index (κ1) is 17.5. The molecule has 0 aliphatic heterocycles. The Bertz CT molecular complexity index is 746. The van der Waals surface area contributed by atoms with Gasteiger partial charge in [-0.1, -0.05) is 12.1 Å². The monoisotopic (exact) mass is 346 g/mol. The summed E-state index contributed by atoms with van der Waals surface area (Å²) in [5, 5.41) is 2.54. The molecule has 5 nitrogen and oxygen atoms in total. The minimum absolute atomic E-state index is 0.163. The molecule has 1 unspecified atom stereocenters. The number of rotatable bonds is 4. The van der Waals surface area contributed by atoms with Crippen molar-refractivity contribution in [2.45, 2.75) is 18.9 Å². The van der Waals surface area contributed by atoms with Crippen LogP contribution < -0.4 is 5.32 Å². The van der Waals surface area contributed by atoms with Crippen LogP contribution in [0.1, 0.15) is 12.5 Å². The zero-order valence-electron chi connectivity index (χ0n) is 11.9. The summed E-state index contributed by atoms with van der Waals surface area (Å²) in [6, 6.07) is 7.74. The fraction of sp³-hybridized carbons (Fsp3) is 0.214. The first-order valence-electron chi connectivity index (χ1n) is 6.53. The topological polar surface area (TPSA) is 82.5 Å². The van der Waals surface area contributed by atoms with E-state index in [4.69, 9.17) is 9.79 Å². The molecule has 0 saturated heterocycles. The molecule has 9 heteroatoms. The highest BCUT2D eigenvalue weighted by Gasteiger charge is 2.30. The van der Waals surface area contributed by atoms with Crippen molar-refractivity contribution in [3.05, 3.63) is 48.2 Å². The third kappa shape index (κ3) is 4.54. The lowest BCUT2D eigenvalue weighted by Gasteiger charge is -2.16. The van der Waals surface area contributed by atoms with Crippen LogP contribution >= 0.6 is 7.60 Å². The van der Waals surface area contributed by atoms with Crippen LogP contribution in [0.15, 0.2) is 42.6 Å². The summed E-state index contributed by atoms with van der Waals surface area (Å²) in [7, 11) is -4.34. The maximum absolute atomic E-state index is 12.8. The molecule has 3 N–H and O–H groups in total. The van der Waals surface area contributed by atoms with Gasteiger partial charge in [-0.05, 0) is 42.3 Å². The number of hydrogen-bond donors (Lipinski definition) is 3. The second-order valence-corrected chi connectivity index (χ2v) is 6.87. The third-order valence-corrected chi connectivity index (χ3v) is 4.28. The molecule has 1 atom stereocenters. The summed E-state index contributed by atoms with van der Waals surface area (Å²) in [6.07, 6.45) is -3.09. The number of nitrogens with one attached hydrogen (secondary N) is 1. The molecule has 0 bridgehead atoms. The Hall–Kier alpha value is -1.89. The van der Waals surface area contributed by atoms with Crippen LogP contribution in [0, 0.1) is 0 Å². The largest absolute Gasteiger partial charge is 0.416 e. The molecular weight excluding hydrogens is 332 g/mol. The molecule has 1 aromatic carbocycles. The molecule has 0 aliphatic rings. The number of halogens is 3. The van der Waals surface area contributed by atoms with Crippen LogP contribution in [0.4, 0.5) is 19.0 Å². The van der Waals surface area contributed by atoms with Crippen molar-refractivity contribution in [1.82, 2.24) is 4.98 Å². The van der Waals surface area contributed by atoms with Crippen LogP contribution in [-0.4, -0.2) is 20.6 Å². The molecule has 0 saturated carbocycles. The van der Waals surface area contributed by atoms with Gasteiger partial charge in [0.1, 0.15) is 11.6 Å². The minimum Gasteiger partial charge on any atom is -0.356 e. The Morgan fingerprint density at radius 3 is 2.43 bits per heavy atom. The van der Waals surface area contributed by atoms with E-state index < -0.39 is 25.1 Å². The van der Waals surface area contributed by atoms with Gasteiger partial charge in [0.2, 0.25) is 0 Å². The number of alkyl halides is 3. The van der Waals surface area contributed by atoms with Gasteiger partial charge in [0.15, 0.2) is 0 Å². The van der Waals surface area contributed by atoms with Gasteiger partial charge in [0, 0.05) is 6.20 Å². The zero-order chi connectivity index (χ0) is 17.3. The maximum Gasteiger partial charge on any atom is 0.416 e. The average Bonchev–Trinajstić information content (AvgIpc) is 2.46. The van der Waals surface area contributed by atoms with Gasteiger partial charge >= 0.3 is 13.8 Å². The van der Waals surface area contributed by atoms with Crippen molar-refractivity contribution >= 4 is 13.4 Å². The second-order valence-electron chi connectivity index (χ2n) is 4.92. The van der Waals surface area contributed by atoms with Gasteiger partial charge in [-0.25, -0.2) is 4.98 Å². The second kappa shape index (κ2) is 6.31. The van der Waals surface area contributed by atoms with Gasteiger partial charge in [0.25, 0.3) is 0 Å². The Balaban J connectivity index is 2.32. The third-order valence-electron chi connectivity index (χ3n) is 3.14. The predicted octanol–water partition coefficient (Wildman–Crippen LogP) is 3.70. The van der Waals surface area contributed by atoms with Crippen LogP contribution in [0.3, 0.4) is 0 Å². The molecule has 0 radical (unpaired) electrons. The highest BCUT2D eigenvalue weighted by Crippen LogP contribution is 2.41. The van der Waals surface area contributed by atoms with E-state index in [0.29, 0.717) is 11.1 Å². The predicted molar refractivity (Wildman–Crippen MR) is 79.8 cm³/mol. The number of nitrogens with zero attached hydrogens (tertiary/aromatic N) is 1. The summed E-state index contributed by atoms with van der Waals surface area (Å²) in [5.41, 5.74) is 0.00512. The molecule has 1 aromatic heterocycles. The van der Waals surface area contributed by atoms with Crippen LogP contribution in [0.25, 0.3) is 11.1 Å². The number of anilines is 1. The lowest BCUT2D eigenvalue weighted by molar-refractivity contribution is -0.137. The summed E-state index contributed by atoms with van der Waals surface area (Å²) in [6.45, 7) is 1.29. The summed E-state index contributed by atoms with van der Waals surface area (Å²) in [5.74, 6) is -0.998. The molecular formula is C14H14F3N2O3P. The van der Waals surface area contributed by atoms with E-state index in [0.717, 1.165) is 12.1 Å². The lowest BCUT2D eigenvalue weighted by Crippen LogP contribution is -2.16. The fourth-order valence-corrected chi connectivity index (χ4v) is 2.16. The minimum atomic E-state index is -4.45. The normalized spacial score (nSPS) is 13.7. The summed E-state index contributed by atoms with van der Waals surface area (Å²) < 4.78 is 49.4. The molecule has 0 aliphatic carbocycles. The molecule has 2 rings (SSSR count). The maximum atomic E-state index is 12.8. The quantitative estimate of drug-likeness (QED) is 0.736. The van der Waals surface area contributed by atoms with Gasteiger partial charge in [-0.3, -0.25) is 4.57 Å². The van der Waals surface area contributed by atoms with Crippen molar-refractivity contribution in [3.63, 3.8) is 0 Å². The van der Waals surface area contributed by atoms with Crippen LogP contribution in [0.5, 0.6) is 0 Å². The van der Waals surface area contributed by atoms with Crippen molar-refractivity contribution in [3.8, 4) is 11.1 Å². The Morgan fingerprint density at radius 1 is 1.17 bits per heavy atom. The molecule has 0 amide bonds. The van der Waals surface area contributed by atoms with Gasteiger partial charge < -0.3 is 15.1 Å². The van der Waals surface area contributed by atoms with Crippen molar-refractivity contribution in [1.29, 1.82) is 0 Å². The Labute approximate surface area is 130 Å². The van der Waals surface area contributed by atoms with E-state index in [-0.39, 0.29) is 5.82 Å². The van der Waals surface area contributed by atoms with E-state index in [1.807, 2.05) is 0 Å².